The third-order valence-electron chi connectivity index (χ3n) is 3.37. The number of aromatic nitrogens is 1. The van der Waals surface area contributed by atoms with Crippen LogP contribution in [0.3, 0.4) is 0 Å². The van der Waals surface area contributed by atoms with E-state index in [-0.39, 0.29) is 5.78 Å². The van der Waals surface area contributed by atoms with Gasteiger partial charge in [0.15, 0.2) is 5.78 Å². The van der Waals surface area contributed by atoms with Crippen molar-refractivity contribution in [3.05, 3.63) is 44.9 Å². The lowest BCUT2D eigenvalue weighted by Crippen LogP contribution is -2.03. The molecule has 0 bridgehead atoms. The molecule has 0 atom stereocenters. The molecular weight excluding hydrogens is 282 g/mol. The molecule has 21 heavy (non-hydrogen) atoms. The van der Waals surface area contributed by atoms with E-state index in [1.54, 1.807) is 6.92 Å². The fourth-order valence-corrected chi connectivity index (χ4v) is 3.32. The number of carbonyl (C=O) groups is 1. The zero-order chi connectivity index (χ0) is 15.4. The molecule has 0 amide bonds. The van der Waals surface area contributed by atoms with Crippen molar-refractivity contribution in [1.29, 1.82) is 0 Å². The summed E-state index contributed by atoms with van der Waals surface area (Å²) in [5.74, 6) is 1.06. The molecule has 0 N–H and O–H groups in total. The molecule has 2 aromatic rings. The lowest BCUT2D eigenvalue weighted by atomic mass is 10.1. The van der Waals surface area contributed by atoms with Crippen LogP contribution in [0.5, 0.6) is 5.75 Å². The number of hydrogen-bond acceptors (Lipinski definition) is 4. The summed E-state index contributed by atoms with van der Waals surface area (Å²) in [5, 5.41) is 0.975. The Morgan fingerprint density at radius 3 is 2.48 bits per heavy atom. The molecule has 1 aromatic carbocycles. The minimum Gasteiger partial charge on any atom is -0.493 e. The Hall–Kier alpha value is -1.68. The largest absolute Gasteiger partial charge is 0.493 e. The summed E-state index contributed by atoms with van der Waals surface area (Å²) in [7, 11) is 0. The Morgan fingerprint density at radius 1 is 1.29 bits per heavy atom. The summed E-state index contributed by atoms with van der Waals surface area (Å²) in [6.07, 6.45) is 1.53. The Bertz CT molecular complexity index is 626. The summed E-state index contributed by atoms with van der Waals surface area (Å²) in [6, 6.07) is 6.13. The summed E-state index contributed by atoms with van der Waals surface area (Å²) >= 11 is 1.50. The number of aryl methyl sites for hydroxylation is 3. The van der Waals surface area contributed by atoms with E-state index in [1.165, 1.54) is 11.3 Å². The summed E-state index contributed by atoms with van der Waals surface area (Å²) in [4.78, 5) is 16.9. The first-order valence-corrected chi connectivity index (χ1v) is 8.03. The quantitative estimate of drug-likeness (QED) is 0.753. The van der Waals surface area contributed by atoms with Crippen molar-refractivity contribution < 1.29 is 9.53 Å². The molecule has 0 radical (unpaired) electrons. The van der Waals surface area contributed by atoms with Gasteiger partial charge in [-0.1, -0.05) is 25.1 Å². The molecule has 1 heterocycles. The van der Waals surface area contributed by atoms with Crippen LogP contribution in [0.4, 0.5) is 0 Å². The van der Waals surface area contributed by atoms with E-state index >= 15 is 0 Å². The van der Waals surface area contributed by atoms with Gasteiger partial charge in [0.1, 0.15) is 5.75 Å². The molecule has 1 aromatic heterocycles. The maximum absolute atomic E-state index is 11.6. The highest BCUT2D eigenvalue weighted by Gasteiger charge is 2.13. The van der Waals surface area contributed by atoms with Crippen molar-refractivity contribution in [2.45, 2.75) is 40.5 Å². The molecule has 0 unspecified atom stereocenters. The van der Waals surface area contributed by atoms with Gasteiger partial charge in [-0.05, 0) is 31.4 Å². The first-order chi connectivity index (χ1) is 10.0. The van der Waals surface area contributed by atoms with E-state index in [4.69, 9.17) is 4.74 Å². The zero-order valence-electron chi connectivity index (χ0n) is 13.0. The van der Waals surface area contributed by atoms with E-state index in [0.717, 1.165) is 45.3 Å². The predicted octanol–water partition coefficient (Wildman–Crippen LogP) is 4.15. The van der Waals surface area contributed by atoms with Crippen molar-refractivity contribution in [1.82, 2.24) is 4.98 Å². The number of ether oxygens (including phenoxy) is 1. The second kappa shape index (κ2) is 6.85. The average Bonchev–Trinajstić information content (AvgIpc) is 2.85. The van der Waals surface area contributed by atoms with Gasteiger partial charge in [0, 0.05) is 13.3 Å². The maximum atomic E-state index is 11.6. The van der Waals surface area contributed by atoms with Gasteiger partial charge in [-0.2, -0.15) is 0 Å². The van der Waals surface area contributed by atoms with Crippen LogP contribution in [0, 0.1) is 13.8 Å². The van der Waals surface area contributed by atoms with Crippen LogP contribution in [0.15, 0.2) is 18.2 Å². The first kappa shape index (κ1) is 15.7. The van der Waals surface area contributed by atoms with Crippen molar-refractivity contribution in [3.63, 3.8) is 0 Å². The van der Waals surface area contributed by atoms with E-state index in [1.807, 2.05) is 13.0 Å². The maximum Gasteiger partial charge on any atom is 0.171 e. The number of rotatable bonds is 6. The molecule has 0 fully saturated rings. The predicted molar refractivity (Wildman–Crippen MR) is 86.6 cm³/mol. The van der Waals surface area contributed by atoms with E-state index in [0.29, 0.717) is 6.61 Å². The number of hydrogen-bond donors (Lipinski definition) is 0. The molecule has 0 spiro atoms. The molecule has 2 rings (SSSR count). The zero-order valence-corrected chi connectivity index (χ0v) is 13.8. The van der Waals surface area contributed by atoms with Crippen LogP contribution < -0.4 is 4.74 Å². The van der Waals surface area contributed by atoms with Crippen LogP contribution in [0.1, 0.15) is 45.3 Å². The highest BCUT2D eigenvalue weighted by molar-refractivity contribution is 7.13. The van der Waals surface area contributed by atoms with Crippen molar-refractivity contribution >= 4 is 17.1 Å². The Morgan fingerprint density at radius 2 is 1.95 bits per heavy atom. The van der Waals surface area contributed by atoms with Gasteiger partial charge < -0.3 is 4.74 Å². The summed E-state index contributed by atoms with van der Waals surface area (Å²) in [6.45, 7) is 8.31. The lowest BCUT2D eigenvalue weighted by Gasteiger charge is -2.10. The van der Waals surface area contributed by atoms with Gasteiger partial charge in [0.25, 0.3) is 0 Å². The monoisotopic (exact) mass is 303 g/mol. The van der Waals surface area contributed by atoms with E-state index in [2.05, 4.69) is 31.0 Å². The van der Waals surface area contributed by atoms with Crippen molar-refractivity contribution in [3.8, 4) is 5.75 Å². The molecule has 0 aliphatic carbocycles. The normalized spacial score (nSPS) is 10.7. The van der Waals surface area contributed by atoms with Gasteiger partial charge in [-0.3, -0.25) is 4.79 Å². The van der Waals surface area contributed by atoms with Crippen LogP contribution in [0.25, 0.3) is 0 Å². The number of carbonyl (C=O) groups excluding carboxylic acids is 1. The Balaban J connectivity index is 2.02. The standard InChI is InChI=1S/C17H21NO2S/c1-5-14-17(13(4)19)21-15(18-14)9-10-20-16-11(2)7-6-8-12(16)3/h6-8H,5,9-10H2,1-4H3. The SMILES string of the molecule is CCc1nc(CCOc2c(C)cccc2C)sc1C(C)=O. The van der Waals surface area contributed by atoms with Gasteiger partial charge >= 0.3 is 0 Å². The highest BCUT2D eigenvalue weighted by atomic mass is 32.1. The second-order valence-corrected chi connectivity index (χ2v) is 6.20. The minimum atomic E-state index is 0.103. The lowest BCUT2D eigenvalue weighted by molar-refractivity contribution is 0.102. The van der Waals surface area contributed by atoms with Gasteiger partial charge in [0.2, 0.25) is 0 Å². The second-order valence-electron chi connectivity index (χ2n) is 5.11. The van der Waals surface area contributed by atoms with Gasteiger partial charge in [-0.15, -0.1) is 11.3 Å². The molecule has 3 nitrogen and oxygen atoms in total. The third kappa shape index (κ3) is 3.70. The Labute approximate surface area is 130 Å². The molecule has 0 saturated carbocycles. The van der Waals surface area contributed by atoms with Gasteiger partial charge in [-0.25, -0.2) is 4.98 Å². The fraction of sp³-hybridized carbons (Fsp3) is 0.412. The molecule has 4 heteroatoms. The fourth-order valence-electron chi connectivity index (χ4n) is 2.29. The number of para-hydroxylation sites is 1. The number of thiazole rings is 1. The van der Waals surface area contributed by atoms with Gasteiger partial charge in [0.05, 0.1) is 22.2 Å². The first-order valence-electron chi connectivity index (χ1n) is 7.21. The van der Waals surface area contributed by atoms with Crippen LogP contribution in [-0.2, 0) is 12.8 Å². The third-order valence-corrected chi connectivity index (χ3v) is 4.63. The molecular formula is C17H21NO2S. The number of ketones is 1. The molecule has 0 aliphatic heterocycles. The van der Waals surface area contributed by atoms with E-state index in [9.17, 15) is 4.79 Å². The summed E-state index contributed by atoms with van der Waals surface area (Å²) < 4.78 is 5.90. The smallest absolute Gasteiger partial charge is 0.171 e. The Kier molecular flexibility index (Phi) is 5.12. The number of benzene rings is 1. The molecule has 112 valence electrons. The van der Waals surface area contributed by atoms with Crippen LogP contribution in [0.2, 0.25) is 0 Å². The molecule has 0 aliphatic rings. The van der Waals surface area contributed by atoms with E-state index < -0.39 is 0 Å². The molecule has 0 saturated heterocycles. The minimum absolute atomic E-state index is 0.103. The van der Waals surface area contributed by atoms with Crippen molar-refractivity contribution in [2.75, 3.05) is 6.61 Å². The summed E-state index contributed by atoms with van der Waals surface area (Å²) in [5.41, 5.74) is 3.20. The van der Waals surface area contributed by atoms with Crippen molar-refractivity contribution in [2.24, 2.45) is 0 Å². The number of Topliss-reactive ketones (excluding diaryl/α,β-unsaturated/α-hetero) is 1. The number of nitrogens with zero attached hydrogens (tertiary/aromatic N) is 1. The van der Waals surface area contributed by atoms with Crippen LogP contribution >= 0.6 is 11.3 Å². The highest BCUT2D eigenvalue weighted by Crippen LogP contribution is 2.24. The topological polar surface area (TPSA) is 39.2 Å². The average molecular weight is 303 g/mol. The van der Waals surface area contributed by atoms with Crippen LogP contribution in [-0.4, -0.2) is 17.4 Å².